The first-order chi connectivity index (χ1) is 8.59. The Balaban J connectivity index is 2.21. The molecule has 0 spiro atoms. The van der Waals surface area contributed by atoms with E-state index in [-0.39, 0.29) is 11.9 Å². The summed E-state index contributed by atoms with van der Waals surface area (Å²) in [7, 11) is 1.90. The van der Waals surface area contributed by atoms with Crippen LogP contribution in [0.5, 0.6) is 0 Å². The van der Waals surface area contributed by atoms with Crippen molar-refractivity contribution in [2.75, 3.05) is 20.1 Å². The second-order valence-electron chi connectivity index (χ2n) is 5.30. The van der Waals surface area contributed by atoms with Crippen LogP contribution in [0.25, 0.3) is 0 Å². The van der Waals surface area contributed by atoms with Crippen LogP contribution in [0, 0.1) is 0 Å². The molecule has 0 radical (unpaired) electrons. The van der Waals surface area contributed by atoms with E-state index < -0.39 is 0 Å². The molecule has 1 N–H and O–H groups in total. The van der Waals surface area contributed by atoms with Gasteiger partial charge in [0.05, 0.1) is 6.04 Å². The summed E-state index contributed by atoms with van der Waals surface area (Å²) >= 11 is 0. The number of carbonyl (C=O) groups excluding carboxylic acids is 1. The standard InChI is InChI=1S/C15H22N2O/c1-11(2)12-4-6-13(7-5-12)14-10-16-9-8-15(18)17(14)3/h4-7,11,14,16H,8-10H2,1-3H3. The molecule has 2 rings (SSSR count). The van der Waals surface area contributed by atoms with Gasteiger partial charge in [0.1, 0.15) is 0 Å². The van der Waals surface area contributed by atoms with Gasteiger partial charge in [-0.1, -0.05) is 38.1 Å². The monoisotopic (exact) mass is 246 g/mol. The molecular formula is C15H22N2O. The number of likely N-dealkylation sites (N-methyl/N-ethyl adjacent to an activating group) is 1. The van der Waals surface area contributed by atoms with Gasteiger partial charge in [-0.05, 0) is 17.0 Å². The Labute approximate surface area is 109 Å². The van der Waals surface area contributed by atoms with E-state index in [9.17, 15) is 4.79 Å². The Morgan fingerprint density at radius 2 is 1.94 bits per heavy atom. The molecule has 0 saturated carbocycles. The number of amides is 1. The molecule has 3 heteroatoms. The largest absolute Gasteiger partial charge is 0.337 e. The van der Waals surface area contributed by atoms with E-state index in [1.54, 1.807) is 0 Å². The number of nitrogens with zero attached hydrogens (tertiary/aromatic N) is 1. The lowest BCUT2D eigenvalue weighted by Crippen LogP contribution is -2.32. The Kier molecular flexibility index (Phi) is 4.02. The van der Waals surface area contributed by atoms with E-state index in [2.05, 4.69) is 43.4 Å². The van der Waals surface area contributed by atoms with E-state index >= 15 is 0 Å². The number of hydrogen-bond donors (Lipinski definition) is 1. The van der Waals surface area contributed by atoms with Gasteiger partial charge in [0, 0.05) is 26.6 Å². The fraction of sp³-hybridized carbons (Fsp3) is 0.533. The molecule has 1 unspecified atom stereocenters. The van der Waals surface area contributed by atoms with Crippen molar-refractivity contribution < 1.29 is 4.79 Å². The summed E-state index contributed by atoms with van der Waals surface area (Å²) in [5.41, 5.74) is 2.55. The third-order valence-corrected chi connectivity index (χ3v) is 3.70. The molecule has 1 amide bonds. The van der Waals surface area contributed by atoms with Crippen LogP contribution in [0.1, 0.15) is 43.4 Å². The number of benzene rings is 1. The normalized spacial score (nSPS) is 21.2. The SMILES string of the molecule is CC(C)c1ccc(C2CNCCC(=O)N2C)cc1. The molecule has 1 fully saturated rings. The summed E-state index contributed by atoms with van der Waals surface area (Å²) in [6.07, 6.45) is 0.594. The van der Waals surface area contributed by atoms with Crippen LogP contribution in [-0.4, -0.2) is 30.9 Å². The molecule has 1 aliphatic rings. The van der Waals surface area contributed by atoms with Gasteiger partial charge in [-0.3, -0.25) is 4.79 Å². The first-order valence-electron chi connectivity index (χ1n) is 6.66. The Morgan fingerprint density at radius 3 is 2.56 bits per heavy atom. The van der Waals surface area contributed by atoms with Crippen molar-refractivity contribution in [3.63, 3.8) is 0 Å². The molecule has 1 saturated heterocycles. The smallest absolute Gasteiger partial charge is 0.224 e. The molecular weight excluding hydrogens is 224 g/mol. The van der Waals surface area contributed by atoms with Crippen molar-refractivity contribution in [2.45, 2.75) is 32.2 Å². The number of nitrogens with one attached hydrogen (secondary N) is 1. The maximum absolute atomic E-state index is 11.9. The fourth-order valence-corrected chi connectivity index (χ4v) is 2.37. The molecule has 98 valence electrons. The van der Waals surface area contributed by atoms with Crippen LogP contribution in [-0.2, 0) is 4.79 Å². The number of hydrogen-bond acceptors (Lipinski definition) is 2. The van der Waals surface area contributed by atoms with Crippen molar-refractivity contribution in [1.29, 1.82) is 0 Å². The van der Waals surface area contributed by atoms with Gasteiger partial charge in [-0.2, -0.15) is 0 Å². The molecule has 1 aromatic rings. The average Bonchev–Trinajstić information content (AvgIpc) is 2.53. The van der Waals surface area contributed by atoms with Crippen LogP contribution in [0.2, 0.25) is 0 Å². The van der Waals surface area contributed by atoms with Gasteiger partial charge in [-0.25, -0.2) is 0 Å². The second-order valence-corrected chi connectivity index (χ2v) is 5.30. The van der Waals surface area contributed by atoms with Crippen LogP contribution in [0.3, 0.4) is 0 Å². The first kappa shape index (κ1) is 13.1. The van der Waals surface area contributed by atoms with Crippen LogP contribution in [0.15, 0.2) is 24.3 Å². The van der Waals surface area contributed by atoms with Crippen molar-refractivity contribution in [2.24, 2.45) is 0 Å². The van der Waals surface area contributed by atoms with E-state index in [4.69, 9.17) is 0 Å². The minimum atomic E-state index is 0.154. The number of rotatable bonds is 2. The Morgan fingerprint density at radius 1 is 1.28 bits per heavy atom. The van der Waals surface area contributed by atoms with E-state index in [0.717, 1.165) is 13.1 Å². The summed E-state index contributed by atoms with van der Waals surface area (Å²) in [6.45, 7) is 6.00. The zero-order valence-electron chi connectivity index (χ0n) is 11.4. The van der Waals surface area contributed by atoms with Crippen LogP contribution in [0.4, 0.5) is 0 Å². The van der Waals surface area contributed by atoms with Gasteiger partial charge in [0.2, 0.25) is 5.91 Å². The van der Waals surface area contributed by atoms with E-state index in [1.807, 2.05) is 11.9 Å². The quantitative estimate of drug-likeness (QED) is 0.868. The van der Waals surface area contributed by atoms with Gasteiger partial charge in [0.15, 0.2) is 0 Å². The predicted octanol–water partition coefficient (Wildman–Crippen LogP) is 2.30. The lowest BCUT2D eigenvalue weighted by Gasteiger charge is -2.26. The molecule has 0 aliphatic carbocycles. The second kappa shape index (κ2) is 5.53. The summed E-state index contributed by atoms with van der Waals surface area (Å²) in [5.74, 6) is 0.767. The minimum absolute atomic E-state index is 0.154. The lowest BCUT2D eigenvalue weighted by atomic mass is 9.98. The maximum Gasteiger partial charge on any atom is 0.224 e. The molecule has 18 heavy (non-hydrogen) atoms. The highest BCUT2D eigenvalue weighted by atomic mass is 16.2. The van der Waals surface area contributed by atoms with Crippen molar-refractivity contribution in [3.05, 3.63) is 35.4 Å². The minimum Gasteiger partial charge on any atom is -0.337 e. The van der Waals surface area contributed by atoms with Crippen LogP contribution >= 0.6 is 0 Å². The zero-order chi connectivity index (χ0) is 13.1. The topological polar surface area (TPSA) is 32.3 Å². The summed E-state index contributed by atoms with van der Waals surface area (Å²) < 4.78 is 0. The van der Waals surface area contributed by atoms with E-state index in [1.165, 1.54) is 11.1 Å². The highest BCUT2D eigenvalue weighted by Gasteiger charge is 2.23. The summed E-state index contributed by atoms with van der Waals surface area (Å²) in [4.78, 5) is 13.7. The lowest BCUT2D eigenvalue weighted by molar-refractivity contribution is -0.131. The molecule has 1 atom stereocenters. The van der Waals surface area contributed by atoms with Gasteiger partial charge >= 0.3 is 0 Å². The molecule has 1 aromatic carbocycles. The van der Waals surface area contributed by atoms with Crippen LogP contribution < -0.4 is 5.32 Å². The Hall–Kier alpha value is -1.35. The average molecular weight is 246 g/mol. The molecule has 3 nitrogen and oxygen atoms in total. The van der Waals surface area contributed by atoms with Crippen molar-refractivity contribution in [3.8, 4) is 0 Å². The molecule has 1 aliphatic heterocycles. The highest BCUT2D eigenvalue weighted by Crippen LogP contribution is 2.23. The summed E-state index contributed by atoms with van der Waals surface area (Å²) in [5, 5.41) is 3.33. The molecule has 0 aromatic heterocycles. The van der Waals surface area contributed by atoms with Gasteiger partial charge in [-0.15, -0.1) is 0 Å². The first-order valence-corrected chi connectivity index (χ1v) is 6.66. The highest BCUT2D eigenvalue weighted by molar-refractivity contribution is 5.77. The summed E-state index contributed by atoms with van der Waals surface area (Å²) in [6, 6.07) is 8.79. The third kappa shape index (κ3) is 2.72. The third-order valence-electron chi connectivity index (χ3n) is 3.70. The zero-order valence-corrected chi connectivity index (χ0v) is 11.4. The fourth-order valence-electron chi connectivity index (χ4n) is 2.37. The van der Waals surface area contributed by atoms with Crippen molar-refractivity contribution >= 4 is 5.91 Å². The number of carbonyl (C=O) groups is 1. The van der Waals surface area contributed by atoms with Crippen molar-refractivity contribution in [1.82, 2.24) is 10.2 Å². The van der Waals surface area contributed by atoms with Gasteiger partial charge in [0.25, 0.3) is 0 Å². The Bertz CT molecular complexity index is 411. The van der Waals surface area contributed by atoms with E-state index in [0.29, 0.717) is 12.3 Å². The predicted molar refractivity (Wildman–Crippen MR) is 73.5 cm³/mol. The molecule has 1 heterocycles. The van der Waals surface area contributed by atoms with Gasteiger partial charge < -0.3 is 10.2 Å². The molecule has 0 bridgehead atoms. The maximum atomic E-state index is 11.9.